The molecule has 3 heteroatoms. The van der Waals surface area contributed by atoms with Crippen LogP contribution in [0.1, 0.15) is 57.0 Å². The van der Waals surface area contributed by atoms with Crippen LogP contribution in [0.4, 0.5) is 0 Å². The molecule has 0 aliphatic carbocycles. The fraction of sp³-hybridized carbons (Fsp3) is 0.409. The van der Waals surface area contributed by atoms with Crippen LogP contribution in [0.3, 0.4) is 0 Å². The van der Waals surface area contributed by atoms with Crippen LogP contribution in [-0.2, 0) is 5.75 Å². The fourth-order valence-corrected chi connectivity index (χ4v) is 4.06. The first kappa shape index (κ1) is 19.6. The average molecular weight is 356 g/mol. The Morgan fingerprint density at radius 1 is 0.920 bits per heavy atom. The quantitative estimate of drug-likeness (QED) is 0.651. The number of hydrogen-bond acceptors (Lipinski definition) is 2. The number of thioether (sulfide) groups is 1. The van der Waals surface area contributed by atoms with E-state index in [2.05, 4.69) is 64.2 Å². The van der Waals surface area contributed by atoms with E-state index in [9.17, 15) is 4.79 Å². The molecule has 2 nitrogen and oxygen atoms in total. The van der Waals surface area contributed by atoms with Crippen LogP contribution >= 0.6 is 11.8 Å². The molecule has 2 aromatic rings. The summed E-state index contributed by atoms with van der Waals surface area (Å²) in [6.07, 6.45) is 0.928. The summed E-state index contributed by atoms with van der Waals surface area (Å²) in [5.74, 6) is 0.901. The smallest absolute Gasteiger partial charge is 0.251 e. The van der Waals surface area contributed by atoms with E-state index in [1.807, 2.05) is 30.3 Å². The van der Waals surface area contributed by atoms with Gasteiger partial charge in [0.05, 0.1) is 0 Å². The molecule has 134 valence electrons. The summed E-state index contributed by atoms with van der Waals surface area (Å²) in [6.45, 7) is 10.8. The summed E-state index contributed by atoms with van der Waals surface area (Å²) >= 11 is 1.80. The van der Waals surface area contributed by atoms with Crippen molar-refractivity contribution in [2.45, 2.75) is 57.2 Å². The standard InChI is InChI=1S/C22H29NOS/c1-21(2,3)16-22(4,5)23-20(24)18-13-11-17(12-14-18)15-25-19-9-7-6-8-10-19/h6-14H,15-16H2,1-5H3,(H,23,24). The van der Waals surface area contributed by atoms with Crippen molar-refractivity contribution in [2.24, 2.45) is 5.41 Å². The number of rotatable bonds is 6. The molecule has 25 heavy (non-hydrogen) atoms. The zero-order chi connectivity index (χ0) is 18.5. The molecule has 0 saturated carbocycles. The average Bonchev–Trinajstić information content (AvgIpc) is 2.51. The monoisotopic (exact) mass is 355 g/mol. The van der Waals surface area contributed by atoms with Crippen LogP contribution in [0.2, 0.25) is 0 Å². The molecule has 1 amide bonds. The van der Waals surface area contributed by atoms with Crippen molar-refractivity contribution in [3.63, 3.8) is 0 Å². The molecular formula is C22H29NOS. The highest BCUT2D eigenvalue weighted by molar-refractivity contribution is 7.98. The maximum atomic E-state index is 12.5. The summed E-state index contributed by atoms with van der Waals surface area (Å²) in [5, 5.41) is 3.16. The number of nitrogens with one attached hydrogen (secondary N) is 1. The first-order chi connectivity index (χ1) is 11.6. The predicted molar refractivity (Wildman–Crippen MR) is 108 cm³/mol. The van der Waals surface area contributed by atoms with Gasteiger partial charge in [0.1, 0.15) is 0 Å². The molecular weight excluding hydrogens is 326 g/mol. The summed E-state index contributed by atoms with van der Waals surface area (Å²) in [6, 6.07) is 18.3. The van der Waals surface area contributed by atoms with Gasteiger partial charge in [-0.1, -0.05) is 51.1 Å². The molecule has 0 saturated heterocycles. The Balaban J connectivity index is 1.93. The van der Waals surface area contributed by atoms with E-state index in [1.54, 1.807) is 11.8 Å². The summed E-state index contributed by atoms with van der Waals surface area (Å²) in [5.41, 5.74) is 1.89. The molecule has 1 N–H and O–H groups in total. The third-order valence-electron chi connectivity index (χ3n) is 3.79. The van der Waals surface area contributed by atoms with Crippen LogP contribution in [0.15, 0.2) is 59.5 Å². The zero-order valence-electron chi connectivity index (χ0n) is 15.9. The van der Waals surface area contributed by atoms with Gasteiger partial charge >= 0.3 is 0 Å². The Hall–Kier alpha value is -1.74. The maximum absolute atomic E-state index is 12.5. The Kier molecular flexibility index (Phi) is 6.34. The molecule has 0 aliphatic rings. The van der Waals surface area contributed by atoms with Crippen molar-refractivity contribution in [1.29, 1.82) is 0 Å². The lowest BCUT2D eigenvalue weighted by atomic mass is 9.81. The van der Waals surface area contributed by atoms with E-state index in [0.29, 0.717) is 0 Å². The molecule has 0 bridgehead atoms. The highest BCUT2D eigenvalue weighted by Gasteiger charge is 2.27. The van der Waals surface area contributed by atoms with E-state index >= 15 is 0 Å². The lowest BCUT2D eigenvalue weighted by Gasteiger charge is -2.33. The van der Waals surface area contributed by atoms with Crippen molar-refractivity contribution in [3.05, 3.63) is 65.7 Å². The molecule has 0 unspecified atom stereocenters. The molecule has 0 spiro atoms. The van der Waals surface area contributed by atoms with Gasteiger partial charge in [0.15, 0.2) is 0 Å². The predicted octanol–water partition coefficient (Wildman–Crippen LogP) is 5.92. The molecule has 0 radical (unpaired) electrons. The molecule has 0 aromatic heterocycles. The van der Waals surface area contributed by atoms with Crippen molar-refractivity contribution in [2.75, 3.05) is 0 Å². The van der Waals surface area contributed by atoms with Gasteiger partial charge in [0.2, 0.25) is 0 Å². The topological polar surface area (TPSA) is 29.1 Å². The van der Waals surface area contributed by atoms with Gasteiger partial charge in [-0.05, 0) is 55.5 Å². The van der Waals surface area contributed by atoms with Gasteiger partial charge in [0, 0.05) is 21.8 Å². The summed E-state index contributed by atoms with van der Waals surface area (Å²) < 4.78 is 0. The highest BCUT2D eigenvalue weighted by Crippen LogP contribution is 2.27. The Bertz CT molecular complexity index is 684. The first-order valence-corrected chi connectivity index (χ1v) is 9.73. The SMILES string of the molecule is CC(C)(C)CC(C)(C)NC(=O)c1ccc(CSc2ccccc2)cc1. The molecule has 2 rings (SSSR count). The second-order valence-electron chi connectivity index (χ2n) is 8.37. The zero-order valence-corrected chi connectivity index (χ0v) is 16.7. The van der Waals surface area contributed by atoms with Crippen LogP contribution in [0.25, 0.3) is 0 Å². The lowest BCUT2D eigenvalue weighted by Crippen LogP contribution is -2.45. The Morgan fingerprint density at radius 3 is 2.08 bits per heavy atom. The minimum atomic E-state index is -0.225. The summed E-state index contributed by atoms with van der Waals surface area (Å²) in [4.78, 5) is 13.8. The van der Waals surface area contributed by atoms with E-state index in [-0.39, 0.29) is 16.9 Å². The number of carbonyl (C=O) groups is 1. The minimum absolute atomic E-state index is 0.00323. The van der Waals surface area contributed by atoms with E-state index in [0.717, 1.165) is 17.7 Å². The van der Waals surface area contributed by atoms with E-state index in [1.165, 1.54) is 10.5 Å². The number of amides is 1. The normalized spacial score (nSPS) is 12.0. The third-order valence-corrected chi connectivity index (χ3v) is 4.87. The fourth-order valence-electron chi connectivity index (χ4n) is 3.19. The summed E-state index contributed by atoms with van der Waals surface area (Å²) in [7, 11) is 0. The molecule has 2 aromatic carbocycles. The van der Waals surface area contributed by atoms with Crippen LogP contribution in [0, 0.1) is 5.41 Å². The van der Waals surface area contributed by atoms with Crippen LogP contribution in [0.5, 0.6) is 0 Å². The maximum Gasteiger partial charge on any atom is 0.251 e. The number of carbonyl (C=O) groups excluding carboxylic acids is 1. The third kappa shape index (κ3) is 6.95. The van der Waals surface area contributed by atoms with E-state index in [4.69, 9.17) is 0 Å². The molecule has 0 aliphatic heterocycles. The Labute approximate surface area is 156 Å². The second kappa shape index (κ2) is 8.09. The number of benzene rings is 2. The first-order valence-electron chi connectivity index (χ1n) is 8.74. The van der Waals surface area contributed by atoms with Crippen molar-refractivity contribution >= 4 is 17.7 Å². The van der Waals surface area contributed by atoms with Crippen molar-refractivity contribution in [1.82, 2.24) is 5.32 Å². The van der Waals surface area contributed by atoms with Crippen molar-refractivity contribution < 1.29 is 4.79 Å². The van der Waals surface area contributed by atoms with Gasteiger partial charge < -0.3 is 5.32 Å². The van der Waals surface area contributed by atoms with Gasteiger partial charge in [0.25, 0.3) is 5.91 Å². The highest BCUT2D eigenvalue weighted by atomic mass is 32.2. The van der Waals surface area contributed by atoms with E-state index < -0.39 is 0 Å². The van der Waals surface area contributed by atoms with Gasteiger partial charge in [-0.2, -0.15) is 0 Å². The largest absolute Gasteiger partial charge is 0.347 e. The molecule has 0 atom stereocenters. The van der Waals surface area contributed by atoms with Gasteiger partial charge in [-0.3, -0.25) is 4.79 Å². The van der Waals surface area contributed by atoms with Crippen molar-refractivity contribution in [3.8, 4) is 0 Å². The van der Waals surface area contributed by atoms with Crippen LogP contribution in [-0.4, -0.2) is 11.4 Å². The second-order valence-corrected chi connectivity index (χ2v) is 9.42. The van der Waals surface area contributed by atoms with Gasteiger partial charge in [-0.15, -0.1) is 11.8 Å². The van der Waals surface area contributed by atoms with Gasteiger partial charge in [-0.25, -0.2) is 0 Å². The molecule has 0 heterocycles. The lowest BCUT2D eigenvalue weighted by molar-refractivity contribution is 0.0891. The number of hydrogen-bond donors (Lipinski definition) is 1. The Morgan fingerprint density at radius 2 is 1.52 bits per heavy atom. The van der Waals surface area contributed by atoms with Crippen LogP contribution < -0.4 is 5.32 Å². The molecule has 0 fully saturated rings. The minimum Gasteiger partial charge on any atom is -0.347 e.